The molecule has 0 unspecified atom stereocenters. The fourth-order valence-electron chi connectivity index (χ4n) is 4.41. The molecular weight excluding hydrogens is 372 g/mol. The van der Waals surface area contributed by atoms with Crippen LogP contribution in [0.2, 0.25) is 0 Å². The lowest BCUT2D eigenvalue weighted by Crippen LogP contribution is -2.50. The van der Waals surface area contributed by atoms with Crippen LogP contribution in [0.5, 0.6) is 0 Å². The number of thiazole rings is 1. The lowest BCUT2D eigenvalue weighted by Gasteiger charge is -2.44. The number of fused-ring (bicyclic) bond motifs is 1. The van der Waals surface area contributed by atoms with Gasteiger partial charge in [-0.15, -0.1) is 11.3 Å². The zero-order valence-electron chi connectivity index (χ0n) is 16.2. The average Bonchev–Trinajstić information content (AvgIpc) is 3.22. The third-order valence-corrected chi connectivity index (χ3v) is 6.79. The van der Waals surface area contributed by atoms with Gasteiger partial charge in [0, 0.05) is 23.5 Å². The maximum absolute atomic E-state index is 12.7. The van der Waals surface area contributed by atoms with Crippen LogP contribution in [0.15, 0.2) is 29.6 Å². The molecule has 0 spiro atoms. The molecule has 28 heavy (non-hydrogen) atoms. The Balaban J connectivity index is 1.35. The van der Waals surface area contributed by atoms with E-state index in [0.29, 0.717) is 12.0 Å². The molecule has 1 aromatic heterocycles. The van der Waals surface area contributed by atoms with E-state index in [1.54, 1.807) is 5.38 Å². The van der Waals surface area contributed by atoms with Crippen LogP contribution in [0.3, 0.4) is 0 Å². The van der Waals surface area contributed by atoms with Gasteiger partial charge in [-0.05, 0) is 38.5 Å². The molecule has 1 amide bonds. The standard InChI is InChI=1S/C22H26N2O3S/c1-15-8-10-17(11-9-15)21-23-18(14-28-21)22(26)27-13-20(25)24-12-4-6-16-5-2-3-7-19(16)24/h8-11,14,16,19H,2-7,12-13H2,1H3/t16-,19-/m1/s1. The van der Waals surface area contributed by atoms with E-state index in [1.165, 1.54) is 42.6 Å². The number of rotatable bonds is 4. The monoisotopic (exact) mass is 398 g/mol. The van der Waals surface area contributed by atoms with Crippen LogP contribution in [0.25, 0.3) is 10.6 Å². The average molecular weight is 399 g/mol. The number of hydrogen-bond acceptors (Lipinski definition) is 5. The Morgan fingerprint density at radius 3 is 2.71 bits per heavy atom. The minimum absolute atomic E-state index is 0.0704. The first-order chi connectivity index (χ1) is 13.6. The maximum atomic E-state index is 12.7. The van der Waals surface area contributed by atoms with Crippen molar-refractivity contribution in [2.45, 2.75) is 51.5 Å². The predicted molar refractivity (Wildman–Crippen MR) is 109 cm³/mol. The van der Waals surface area contributed by atoms with E-state index in [2.05, 4.69) is 4.98 Å². The molecule has 2 aromatic rings. The molecular formula is C22H26N2O3S. The van der Waals surface area contributed by atoms with Crippen LogP contribution < -0.4 is 0 Å². The topological polar surface area (TPSA) is 59.5 Å². The minimum atomic E-state index is -0.528. The Morgan fingerprint density at radius 1 is 1.14 bits per heavy atom. The van der Waals surface area contributed by atoms with Crippen molar-refractivity contribution in [3.05, 3.63) is 40.9 Å². The highest BCUT2D eigenvalue weighted by Gasteiger charge is 2.35. The van der Waals surface area contributed by atoms with Gasteiger partial charge in [0.05, 0.1) is 0 Å². The molecule has 1 aliphatic heterocycles. The van der Waals surface area contributed by atoms with Gasteiger partial charge in [-0.3, -0.25) is 4.79 Å². The molecule has 2 heterocycles. The number of aromatic nitrogens is 1. The van der Waals surface area contributed by atoms with E-state index >= 15 is 0 Å². The molecule has 1 saturated carbocycles. The third-order valence-electron chi connectivity index (χ3n) is 5.90. The summed E-state index contributed by atoms with van der Waals surface area (Å²) in [6, 6.07) is 8.35. The molecule has 2 atom stereocenters. The molecule has 1 aliphatic carbocycles. The number of likely N-dealkylation sites (tertiary alicyclic amines) is 1. The summed E-state index contributed by atoms with van der Waals surface area (Å²) in [5.41, 5.74) is 2.42. The van der Waals surface area contributed by atoms with Crippen LogP contribution in [0.1, 0.15) is 54.6 Å². The van der Waals surface area contributed by atoms with Crippen molar-refractivity contribution in [1.29, 1.82) is 0 Å². The van der Waals surface area contributed by atoms with Crippen LogP contribution in [-0.2, 0) is 9.53 Å². The molecule has 5 nitrogen and oxygen atoms in total. The molecule has 1 aromatic carbocycles. The van der Waals surface area contributed by atoms with Crippen LogP contribution in [0, 0.1) is 12.8 Å². The van der Waals surface area contributed by atoms with Gasteiger partial charge in [0.15, 0.2) is 12.3 Å². The molecule has 2 fully saturated rings. The van der Waals surface area contributed by atoms with Crippen molar-refractivity contribution in [3.8, 4) is 10.6 Å². The highest BCUT2D eigenvalue weighted by atomic mass is 32.1. The lowest BCUT2D eigenvalue weighted by atomic mass is 9.78. The Hall–Kier alpha value is -2.21. The van der Waals surface area contributed by atoms with Gasteiger partial charge >= 0.3 is 5.97 Å². The smallest absolute Gasteiger partial charge is 0.358 e. The van der Waals surface area contributed by atoms with Gasteiger partial charge in [-0.25, -0.2) is 9.78 Å². The van der Waals surface area contributed by atoms with Crippen molar-refractivity contribution in [2.75, 3.05) is 13.2 Å². The summed E-state index contributed by atoms with van der Waals surface area (Å²) in [6.45, 7) is 2.62. The second-order valence-corrected chi connectivity index (χ2v) is 8.68. The molecule has 4 rings (SSSR count). The number of ether oxygens (including phenoxy) is 1. The first-order valence-electron chi connectivity index (χ1n) is 10.1. The maximum Gasteiger partial charge on any atom is 0.358 e. The highest BCUT2D eigenvalue weighted by Crippen LogP contribution is 2.35. The van der Waals surface area contributed by atoms with E-state index in [0.717, 1.165) is 30.0 Å². The van der Waals surface area contributed by atoms with Crippen molar-refractivity contribution in [2.24, 2.45) is 5.92 Å². The summed E-state index contributed by atoms with van der Waals surface area (Å²) in [7, 11) is 0. The van der Waals surface area contributed by atoms with Crippen molar-refractivity contribution >= 4 is 23.2 Å². The quantitative estimate of drug-likeness (QED) is 0.714. The Labute approximate surface area is 169 Å². The summed E-state index contributed by atoms with van der Waals surface area (Å²) in [6.07, 6.45) is 7.02. The summed E-state index contributed by atoms with van der Waals surface area (Å²) >= 11 is 1.41. The fourth-order valence-corrected chi connectivity index (χ4v) is 5.21. The lowest BCUT2D eigenvalue weighted by molar-refractivity contribution is -0.140. The number of hydrogen-bond donors (Lipinski definition) is 0. The van der Waals surface area contributed by atoms with Crippen LogP contribution in [-0.4, -0.2) is 41.0 Å². The predicted octanol–water partition coefficient (Wildman–Crippen LogP) is 4.46. The third kappa shape index (κ3) is 4.12. The first kappa shape index (κ1) is 19.1. The number of carbonyl (C=O) groups is 2. The molecule has 6 heteroatoms. The Bertz CT molecular complexity index is 844. The zero-order chi connectivity index (χ0) is 19.5. The van der Waals surface area contributed by atoms with Gasteiger partial charge in [-0.2, -0.15) is 0 Å². The van der Waals surface area contributed by atoms with Gasteiger partial charge in [0.25, 0.3) is 5.91 Å². The van der Waals surface area contributed by atoms with E-state index in [4.69, 9.17) is 4.74 Å². The van der Waals surface area contributed by atoms with E-state index in [9.17, 15) is 9.59 Å². The van der Waals surface area contributed by atoms with Crippen molar-refractivity contribution < 1.29 is 14.3 Å². The number of benzene rings is 1. The summed E-state index contributed by atoms with van der Waals surface area (Å²) < 4.78 is 5.31. The van der Waals surface area contributed by atoms with E-state index in [1.807, 2.05) is 36.1 Å². The number of nitrogens with zero attached hydrogens (tertiary/aromatic N) is 2. The second-order valence-electron chi connectivity index (χ2n) is 7.82. The largest absolute Gasteiger partial charge is 0.451 e. The molecule has 0 radical (unpaired) electrons. The van der Waals surface area contributed by atoms with Gasteiger partial charge in [0.2, 0.25) is 0 Å². The van der Waals surface area contributed by atoms with Crippen LogP contribution >= 0.6 is 11.3 Å². The minimum Gasteiger partial charge on any atom is -0.451 e. The summed E-state index contributed by atoms with van der Waals surface area (Å²) in [5, 5.41) is 2.47. The summed E-state index contributed by atoms with van der Waals surface area (Å²) in [4.78, 5) is 31.4. The SMILES string of the molecule is Cc1ccc(-c2nc(C(=O)OCC(=O)N3CCC[C@H]4CCCC[C@H]43)cs2)cc1. The fraction of sp³-hybridized carbons (Fsp3) is 0.500. The number of piperidine rings is 1. The Morgan fingerprint density at radius 2 is 1.89 bits per heavy atom. The van der Waals surface area contributed by atoms with E-state index < -0.39 is 5.97 Å². The summed E-state index contributed by atoms with van der Waals surface area (Å²) in [5.74, 6) is 0.0249. The van der Waals surface area contributed by atoms with E-state index in [-0.39, 0.29) is 18.2 Å². The molecule has 0 N–H and O–H groups in total. The number of aryl methyl sites for hydroxylation is 1. The zero-order valence-corrected chi connectivity index (χ0v) is 17.0. The number of carbonyl (C=O) groups excluding carboxylic acids is 2. The van der Waals surface area contributed by atoms with Gasteiger partial charge in [-0.1, -0.05) is 42.7 Å². The second kappa shape index (κ2) is 8.43. The van der Waals surface area contributed by atoms with Gasteiger partial charge < -0.3 is 9.64 Å². The normalized spacial score (nSPS) is 21.8. The molecule has 148 valence electrons. The van der Waals surface area contributed by atoms with Crippen LogP contribution in [0.4, 0.5) is 0 Å². The van der Waals surface area contributed by atoms with Crippen molar-refractivity contribution in [1.82, 2.24) is 9.88 Å². The molecule has 0 bridgehead atoms. The highest BCUT2D eigenvalue weighted by molar-refractivity contribution is 7.13. The first-order valence-corrected chi connectivity index (χ1v) is 11.0. The molecule has 2 aliphatic rings. The van der Waals surface area contributed by atoms with Crippen molar-refractivity contribution in [3.63, 3.8) is 0 Å². The molecule has 1 saturated heterocycles. The van der Waals surface area contributed by atoms with Gasteiger partial charge in [0.1, 0.15) is 5.01 Å². The Kier molecular flexibility index (Phi) is 5.76. The number of amides is 1. The number of esters is 1.